The zero-order valence-corrected chi connectivity index (χ0v) is 15.2. The lowest BCUT2D eigenvalue weighted by atomic mass is 10.1. The maximum Gasteiger partial charge on any atom is 0.166 e. The fourth-order valence-electron chi connectivity index (χ4n) is 1.95. The topological polar surface area (TPSA) is 79.2 Å². The Labute approximate surface area is 161 Å². The minimum Gasteiger partial charge on any atom is -0.491 e. The first kappa shape index (κ1) is 21.0. The van der Waals surface area contributed by atoms with Crippen molar-refractivity contribution >= 4 is 11.6 Å². The highest BCUT2D eigenvalue weighted by atomic mass is 35.5. The van der Waals surface area contributed by atoms with E-state index in [4.69, 9.17) is 26.2 Å². The van der Waals surface area contributed by atoms with E-state index in [1.54, 1.807) is 30.3 Å². The van der Waals surface area contributed by atoms with Crippen LogP contribution >= 0.6 is 11.6 Å². The van der Waals surface area contributed by atoms with Gasteiger partial charge in [0.25, 0.3) is 0 Å². The van der Waals surface area contributed by atoms with E-state index in [1.807, 2.05) is 0 Å². The summed E-state index contributed by atoms with van der Waals surface area (Å²) in [6, 6.07) is 11.2. The molecule has 0 aliphatic rings. The number of halogens is 2. The molecule has 0 unspecified atom stereocenters. The molecule has 7 heteroatoms. The molecule has 0 spiro atoms. The van der Waals surface area contributed by atoms with Gasteiger partial charge in [0.2, 0.25) is 0 Å². The van der Waals surface area contributed by atoms with Crippen LogP contribution in [0.1, 0.15) is 11.1 Å². The second kappa shape index (κ2) is 10.8. The third-order valence-corrected chi connectivity index (χ3v) is 3.76. The summed E-state index contributed by atoms with van der Waals surface area (Å²) in [7, 11) is 0. The van der Waals surface area contributed by atoms with Crippen LogP contribution in [0.4, 0.5) is 4.39 Å². The number of benzene rings is 2. The fraction of sp³-hybridized carbons (Fsp3) is 0.300. The quantitative estimate of drug-likeness (QED) is 0.471. The van der Waals surface area contributed by atoms with Gasteiger partial charge in [-0.05, 0) is 42.5 Å². The number of hydrogen-bond donors (Lipinski definition) is 3. The number of aliphatic hydroxyl groups is 3. The van der Waals surface area contributed by atoms with Crippen LogP contribution in [0, 0.1) is 17.7 Å². The van der Waals surface area contributed by atoms with Crippen molar-refractivity contribution in [1.82, 2.24) is 0 Å². The molecule has 27 heavy (non-hydrogen) atoms. The molecule has 2 aromatic rings. The van der Waals surface area contributed by atoms with Crippen molar-refractivity contribution in [2.24, 2.45) is 0 Å². The second-order valence-electron chi connectivity index (χ2n) is 5.69. The van der Waals surface area contributed by atoms with Crippen LogP contribution in [0.5, 0.6) is 11.5 Å². The molecule has 0 bridgehead atoms. The lowest BCUT2D eigenvalue weighted by molar-refractivity contribution is 0.0536. The smallest absolute Gasteiger partial charge is 0.166 e. The molecule has 144 valence electrons. The number of rotatable bonds is 8. The summed E-state index contributed by atoms with van der Waals surface area (Å²) in [5.74, 6) is 5.77. The molecule has 3 N–H and O–H groups in total. The van der Waals surface area contributed by atoms with Gasteiger partial charge in [0.15, 0.2) is 11.6 Å². The first-order valence-corrected chi connectivity index (χ1v) is 8.75. The van der Waals surface area contributed by atoms with Gasteiger partial charge in [0.1, 0.15) is 31.2 Å². The van der Waals surface area contributed by atoms with E-state index < -0.39 is 18.0 Å². The summed E-state index contributed by atoms with van der Waals surface area (Å²) in [6.07, 6.45) is -1.78. The summed E-state index contributed by atoms with van der Waals surface area (Å²) in [6.45, 7) is -0.455. The molecule has 0 amide bonds. The van der Waals surface area contributed by atoms with Crippen LogP contribution in [-0.4, -0.2) is 53.2 Å². The molecule has 0 saturated carbocycles. The van der Waals surface area contributed by atoms with Crippen LogP contribution in [-0.2, 0) is 0 Å². The Balaban J connectivity index is 1.97. The average Bonchev–Trinajstić information content (AvgIpc) is 2.70. The van der Waals surface area contributed by atoms with E-state index in [-0.39, 0.29) is 31.5 Å². The summed E-state index contributed by atoms with van der Waals surface area (Å²) in [5, 5.41) is 27.3. The van der Waals surface area contributed by atoms with Crippen molar-refractivity contribution in [1.29, 1.82) is 0 Å². The van der Waals surface area contributed by atoms with Gasteiger partial charge in [-0.2, -0.15) is 0 Å². The highest BCUT2D eigenvalue weighted by Crippen LogP contribution is 2.18. The Morgan fingerprint density at radius 2 is 1.56 bits per heavy atom. The van der Waals surface area contributed by atoms with E-state index in [1.165, 1.54) is 12.1 Å². The zero-order valence-electron chi connectivity index (χ0n) is 14.4. The molecule has 0 fully saturated rings. The summed E-state index contributed by atoms with van der Waals surface area (Å²) in [4.78, 5) is 0. The summed E-state index contributed by atoms with van der Waals surface area (Å²) < 4.78 is 24.5. The number of hydrogen-bond acceptors (Lipinski definition) is 5. The van der Waals surface area contributed by atoms with E-state index >= 15 is 0 Å². The third-order valence-electron chi connectivity index (χ3n) is 3.40. The van der Waals surface area contributed by atoms with Crippen molar-refractivity contribution in [2.45, 2.75) is 12.2 Å². The zero-order chi connectivity index (χ0) is 19.6. The highest BCUT2D eigenvalue weighted by Gasteiger charge is 2.07. The van der Waals surface area contributed by atoms with Gasteiger partial charge in [-0.1, -0.05) is 11.8 Å². The van der Waals surface area contributed by atoms with Crippen molar-refractivity contribution in [3.8, 4) is 23.3 Å². The van der Waals surface area contributed by atoms with Crippen LogP contribution < -0.4 is 9.47 Å². The first-order chi connectivity index (χ1) is 13.0. The van der Waals surface area contributed by atoms with Crippen LogP contribution in [0.2, 0.25) is 0 Å². The predicted octanol–water partition coefficient (Wildman–Crippen LogP) is 1.94. The van der Waals surface area contributed by atoms with Crippen molar-refractivity contribution in [3.05, 3.63) is 59.4 Å². The summed E-state index contributed by atoms with van der Waals surface area (Å²) in [5.41, 5.74) is 1.18. The Kier molecular flexibility index (Phi) is 8.37. The molecular formula is C20H20ClFO5. The molecule has 0 saturated heterocycles. The van der Waals surface area contributed by atoms with E-state index in [2.05, 4.69) is 11.8 Å². The van der Waals surface area contributed by atoms with Gasteiger partial charge >= 0.3 is 0 Å². The molecule has 0 aliphatic carbocycles. The molecule has 2 atom stereocenters. The van der Waals surface area contributed by atoms with Gasteiger partial charge in [0, 0.05) is 11.1 Å². The molecule has 0 radical (unpaired) electrons. The largest absolute Gasteiger partial charge is 0.491 e. The summed E-state index contributed by atoms with van der Waals surface area (Å²) >= 11 is 5.46. The molecule has 2 aromatic carbocycles. The monoisotopic (exact) mass is 394 g/mol. The van der Waals surface area contributed by atoms with Gasteiger partial charge in [0.05, 0.1) is 12.5 Å². The van der Waals surface area contributed by atoms with E-state index in [9.17, 15) is 14.6 Å². The van der Waals surface area contributed by atoms with Gasteiger partial charge in [-0.15, -0.1) is 11.6 Å². The number of ether oxygens (including phenoxy) is 2. The Bertz CT molecular complexity index is 785. The SMILES string of the molecule is OC[C@@H](O)COc1ccc(C#Cc2ccc(OC[C@H](O)CCl)c(F)c2)cc1. The van der Waals surface area contributed by atoms with E-state index in [0.717, 1.165) is 0 Å². The second-order valence-corrected chi connectivity index (χ2v) is 5.99. The van der Waals surface area contributed by atoms with Crippen LogP contribution in [0.25, 0.3) is 0 Å². The third kappa shape index (κ3) is 7.08. The van der Waals surface area contributed by atoms with Crippen molar-refractivity contribution < 1.29 is 29.2 Å². The van der Waals surface area contributed by atoms with Gasteiger partial charge in [-0.3, -0.25) is 0 Å². The maximum atomic E-state index is 14.0. The molecule has 0 aliphatic heterocycles. The van der Waals surface area contributed by atoms with Crippen LogP contribution in [0.15, 0.2) is 42.5 Å². The average molecular weight is 395 g/mol. The lowest BCUT2D eigenvalue weighted by Gasteiger charge is -2.10. The minimum absolute atomic E-state index is 0.00283. The Hall–Kier alpha value is -2.30. The minimum atomic E-state index is -0.926. The molecule has 5 nitrogen and oxygen atoms in total. The van der Waals surface area contributed by atoms with Crippen molar-refractivity contribution in [2.75, 3.05) is 25.7 Å². The normalized spacial score (nSPS) is 12.6. The molecule has 0 aromatic heterocycles. The Morgan fingerprint density at radius 1 is 0.926 bits per heavy atom. The van der Waals surface area contributed by atoms with Gasteiger partial charge < -0.3 is 24.8 Å². The molecule has 2 rings (SSSR count). The Morgan fingerprint density at radius 3 is 2.19 bits per heavy atom. The fourth-order valence-corrected chi connectivity index (χ4v) is 2.04. The number of alkyl halides is 1. The van der Waals surface area contributed by atoms with Crippen LogP contribution in [0.3, 0.4) is 0 Å². The maximum absolute atomic E-state index is 14.0. The van der Waals surface area contributed by atoms with Gasteiger partial charge in [-0.25, -0.2) is 4.39 Å². The predicted molar refractivity (Wildman–Crippen MR) is 99.6 cm³/mol. The lowest BCUT2D eigenvalue weighted by Crippen LogP contribution is -2.21. The van der Waals surface area contributed by atoms with E-state index in [0.29, 0.717) is 16.9 Å². The first-order valence-electron chi connectivity index (χ1n) is 8.22. The number of aliphatic hydroxyl groups excluding tert-OH is 3. The van der Waals surface area contributed by atoms with Crippen molar-refractivity contribution in [3.63, 3.8) is 0 Å². The molecule has 0 heterocycles. The standard InChI is InChI=1S/C20H20ClFO5/c21-10-16(24)12-27-20-8-5-15(9-19(20)22)2-1-14-3-6-18(7-4-14)26-13-17(25)11-23/h3-9,16-17,23-25H,10-13H2/t16-,17-/m1/s1. The highest BCUT2D eigenvalue weighted by molar-refractivity contribution is 6.18. The molecular weight excluding hydrogens is 375 g/mol.